The molecule has 0 spiro atoms. The van der Waals surface area contributed by atoms with Crippen molar-refractivity contribution >= 4 is 105 Å². The summed E-state index contributed by atoms with van der Waals surface area (Å²) in [6, 6.07) is 27.3. The summed E-state index contributed by atoms with van der Waals surface area (Å²) in [6.07, 6.45) is -2.34. The zero-order valence-corrected chi connectivity index (χ0v) is 59.8. The Balaban J connectivity index is 0.000000194. The fourth-order valence-corrected chi connectivity index (χ4v) is 13.9. The Morgan fingerprint density at radius 1 is 0.416 bits per heavy atom. The summed E-state index contributed by atoms with van der Waals surface area (Å²) in [4.78, 5) is 184. The summed E-state index contributed by atoms with van der Waals surface area (Å²) in [5.41, 5.74) is 3.58. The normalized spacial score (nSPS) is 22.0. The van der Waals surface area contributed by atoms with Gasteiger partial charge in [-0.05, 0) is 99.2 Å². The van der Waals surface area contributed by atoms with Gasteiger partial charge in [-0.3, -0.25) is 58.6 Å². The Kier molecular flexibility index (Phi) is 23.3. The number of aliphatic hydroxyl groups excluding tert-OH is 1. The monoisotopic (exact) mass is 1410 g/mol. The number of carbonyl (C=O) groups excluding carboxylic acids is 13. The van der Waals surface area contributed by atoms with E-state index in [1.807, 2.05) is 20.8 Å². The molecule has 1 N–H and O–H groups in total. The molecular formula is C72H66KN5O23. The van der Waals surface area contributed by atoms with Crippen LogP contribution in [0.1, 0.15) is 145 Å². The van der Waals surface area contributed by atoms with E-state index >= 15 is 0 Å². The van der Waals surface area contributed by atoms with Crippen molar-refractivity contribution in [1.82, 2.24) is 14.7 Å². The number of carboxylic acid groups (broad SMARTS) is 1. The van der Waals surface area contributed by atoms with Gasteiger partial charge in [0.1, 0.15) is 23.6 Å². The van der Waals surface area contributed by atoms with Gasteiger partial charge in [0.15, 0.2) is 17.3 Å². The van der Waals surface area contributed by atoms with Gasteiger partial charge in [0, 0.05) is 72.6 Å². The van der Waals surface area contributed by atoms with Crippen LogP contribution in [0.15, 0.2) is 138 Å². The number of carboxylic acids is 1. The van der Waals surface area contributed by atoms with Gasteiger partial charge in [-0.15, -0.1) is 0 Å². The van der Waals surface area contributed by atoms with Crippen LogP contribution in [0.2, 0.25) is 0 Å². The quantitative estimate of drug-likeness (QED) is 0.0190. The number of aliphatic hydroxyl groups is 1. The van der Waals surface area contributed by atoms with Gasteiger partial charge in [0.25, 0.3) is 11.4 Å². The van der Waals surface area contributed by atoms with Crippen LogP contribution in [0.3, 0.4) is 0 Å². The largest absolute Gasteiger partial charge is 1.00 e. The number of nitro benzene ring substituents is 2. The van der Waals surface area contributed by atoms with Crippen LogP contribution >= 0.6 is 0 Å². The van der Waals surface area contributed by atoms with Crippen LogP contribution in [0.5, 0.6) is 0 Å². The van der Waals surface area contributed by atoms with Crippen LogP contribution < -0.4 is 56.5 Å². The topological polar surface area (TPSA) is 398 Å². The molecule has 11 rings (SSSR count). The van der Waals surface area contributed by atoms with Crippen molar-refractivity contribution in [1.29, 1.82) is 0 Å². The number of non-ortho nitro benzene ring substituents is 2. The molecule has 0 aromatic heterocycles. The number of nitrogens with zero attached hydrogens (tertiary/aromatic N) is 5. The Morgan fingerprint density at radius 3 is 0.931 bits per heavy atom. The number of benzene rings is 5. The van der Waals surface area contributed by atoms with Crippen LogP contribution in [-0.2, 0) is 57.3 Å². The van der Waals surface area contributed by atoms with E-state index in [1.54, 1.807) is 86.6 Å². The van der Waals surface area contributed by atoms with Crippen molar-refractivity contribution in [3.05, 3.63) is 203 Å². The average molecular weight is 1410 g/mol. The third-order valence-corrected chi connectivity index (χ3v) is 18.6. The maximum Gasteiger partial charge on any atom is 1.00 e. The molecule has 5 aromatic rings. The molecule has 0 saturated carbocycles. The molecular weight excluding hydrogens is 1340 g/mol. The first-order chi connectivity index (χ1) is 47.1. The average Bonchev–Trinajstić information content (AvgIpc) is 1.57. The summed E-state index contributed by atoms with van der Waals surface area (Å²) < 4.78 is 20.6. The van der Waals surface area contributed by atoms with E-state index in [1.165, 1.54) is 68.4 Å². The summed E-state index contributed by atoms with van der Waals surface area (Å²) in [5.74, 6) is -11.4. The summed E-state index contributed by atoms with van der Waals surface area (Å²) >= 11 is 0. The number of ketones is 3. The summed E-state index contributed by atoms with van der Waals surface area (Å²) in [5, 5.41) is 43.6. The number of hydrogen-bond donors (Lipinski definition) is 1. The first-order valence-corrected chi connectivity index (χ1v) is 31.4. The molecule has 3 saturated heterocycles. The Morgan fingerprint density at radius 2 is 0.673 bits per heavy atom. The van der Waals surface area contributed by atoms with E-state index in [2.05, 4.69) is 0 Å². The maximum absolute atomic E-state index is 13.4. The number of fused-ring (bicyclic) bond motifs is 3. The number of aliphatic carboxylic acids is 1. The molecule has 12 atom stereocenters. The Hall–Kier alpha value is -10.2. The van der Waals surface area contributed by atoms with Gasteiger partial charge < -0.3 is 48.7 Å². The summed E-state index contributed by atoms with van der Waals surface area (Å²) in [7, 11) is 0. The standard InChI is InChI=1S/C27H24N2O9.C25H22N2O8.C20H21NO6.K/c1-13-21(18-7-5-17(6-8-18)14(2)30)24(28-23(13)22(25(28)32)15(3)37-16(4)31)27(34)38-26(33)19-9-11-20(12-10-19)29(35)36;1-12-19(16-6-4-15(5-7-16)13(2)28)22(26-21(12)20(14(3)29)23(26)30)25(32)35-24(31)17-8-10-18(11-9-17)27(33)34;1-9-15(14-7-5-13(6-8-14)10(2)22)18(20(25)26)21-17(9)16(19(21)24)11(3)27-12(4)23;/h5-13,15,22-23H,1-4H3;4-12,14,20-21,29H,1-3H3;5-9,11,16-17H,1-4H3,(H,25,26);/q;;;+1/p-1/t13-,15+,22+,23+;12-,14+,20+,21+;9-,11+,16+,17+;/m000./s1. The number of hydrogen-bond acceptors (Lipinski definition) is 23. The van der Waals surface area contributed by atoms with E-state index in [-0.39, 0.29) is 120 Å². The molecule has 3 fully saturated rings. The van der Waals surface area contributed by atoms with E-state index in [9.17, 15) is 92.8 Å². The second-order valence-corrected chi connectivity index (χ2v) is 24.8. The van der Waals surface area contributed by atoms with Gasteiger partial charge >= 0.3 is 87.2 Å². The second kappa shape index (κ2) is 30.7. The van der Waals surface area contributed by atoms with Crippen molar-refractivity contribution in [3.63, 3.8) is 0 Å². The molecule has 28 nitrogen and oxygen atoms in total. The fourth-order valence-electron chi connectivity index (χ4n) is 13.9. The number of β-lactam (4-membered cyclic amide) rings is 3. The number of ether oxygens (including phenoxy) is 4. The van der Waals surface area contributed by atoms with Crippen molar-refractivity contribution in [2.24, 2.45) is 35.5 Å². The van der Waals surface area contributed by atoms with E-state index in [0.29, 0.717) is 50.1 Å². The van der Waals surface area contributed by atoms with E-state index in [4.69, 9.17) is 18.9 Å². The third-order valence-electron chi connectivity index (χ3n) is 18.6. The molecule has 3 amide bonds. The number of carbonyl (C=O) groups is 13. The van der Waals surface area contributed by atoms with Gasteiger partial charge in [0.2, 0.25) is 17.7 Å². The molecule has 0 unspecified atom stereocenters. The molecule has 6 heterocycles. The Labute approximate surface area is 619 Å². The van der Waals surface area contributed by atoms with Crippen LogP contribution in [0.25, 0.3) is 16.7 Å². The molecule has 0 aliphatic carbocycles. The van der Waals surface area contributed by atoms with E-state index in [0.717, 1.165) is 36.4 Å². The SMILES string of the molecule is CC(=O)O[C@H](C)[C@H]1C(=O)N2C(C(=O)OC(=O)c3ccc([N+](=O)[O-])cc3)=C(c3ccc(C(C)=O)cc3)[C@H](C)[C@H]12.CC(=O)O[C@H](C)[C@H]1C(=O)N2C(C(=O)[O-])=C(c3ccc(C(C)=O)cc3)[C@H](C)[C@H]12.CC(=O)c1ccc(C2=C(C(=O)OC(=O)c3ccc([N+](=O)[O-])cc3)N3C(=O)[C@H]([C@@H](C)O)[C@H]3[C@H]2C)cc1.[K+]. The van der Waals surface area contributed by atoms with Crippen molar-refractivity contribution < 1.29 is 153 Å². The molecule has 6 aliphatic heterocycles. The van der Waals surface area contributed by atoms with Crippen LogP contribution in [0, 0.1) is 55.7 Å². The second-order valence-electron chi connectivity index (χ2n) is 24.8. The molecule has 0 bridgehead atoms. The van der Waals surface area contributed by atoms with Crippen molar-refractivity contribution in [3.8, 4) is 0 Å². The minimum atomic E-state index is -1.43. The molecule has 6 aliphatic rings. The van der Waals surface area contributed by atoms with Gasteiger partial charge in [0.05, 0.1) is 74.6 Å². The van der Waals surface area contributed by atoms with Crippen LogP contribution in [-0.4, -0.2) is 143 Å². The zero-order valence-electron chi connectivity index (χ0n) is 56.6. The predicted octanol–water partition coefficient (Wildman–Crippen LogP) is 3.85. The summed E-state index contributed by atoms with van der Waals surface area (Å²) in [6.45, 7) is 17.0. The minimum absolute atomic E-state index is 0. The first-order valence-electron chi connectivity index (χ1n) is 31.4. The smallest absolute Gasteiger partial charge is 0.543 e. The Bertz CT molecular complexity index is 4430. The molecule has 518 valence electrons. The first kappa shape index (κ1) is 76.6. The molecule has 5 aromatic carbocycles. The van der Waals surface area contributed by atoms with E-state index < -0.39 is 129 Å². The number of esters is 6. The number of rotatable bonds is 18. The number of Topliss-reactive ketones (excluding diaryl/α,β-unsaturated/α-hetero) is 3. The minimum Gasteiger partial charge on any atom is -0.543 e. The van der Waals surface area contributed by atoms with Crippen molar-refractivity contribution in [2.45, 2.75) is 113 Å². The third kappa shape index (κ3) is 14.9. The van der Waals surface area contributed by atoms with Gasteiger partial charge in [-0.25, -0.2) is 19.2 Å². The van der Waals surface area contributed by atoms with Gasteiger partial charge in [-0.1, -0.05) is 93.6 Å². The van der Waals surface area contributed by atoms with Crippen LogP contribution in [0.4, 0.5) is 11.4 Å². The van der Waals surface area contributed by atoms with Crippen molar-refractivity contribution in [2.75, 3.05) is 0 Å². The predicted molar refractivity (Wildman–Crippen MR) is 346 cm³/mol. The molecule has 29 heteroatoms. The molecule has 101 heavy (non-hydrogen) atoms. The van der Waals surface area contributed by atoms with Gasteiger partial charge in [-0.2, -0.15) is 0 Å². The molecule has 0 radical (unpaired) electrons. The number of amides is 3. The number of nitro groups is 2. The maximum atomic E-state index is 13.4. The fraction of sp³-hybridized carbons (Fsp3) is 0.319. The zero-order chi connectivity index (χ0) is 73.5.